The van der Waals surface area contributed by atoms with Crippen LogP contribution in [0.5, 0.6) is 0 Å². The van der Waals surface area contributed by atoms with E-state index in [0.29, 0.717) is 5.69 Å². The number of halogens is 2. The summed E-state index contributed by atoms with van der Waals surface area (Å²) in [7, 11) is -2.32. The molecule has 2 aromatic carbocycles. The van der Waals surface area contributed by atoms with Gasteiger partial charge in [-0.25, -0.2) is 8.42 Å². The van der Waals surface area contributed by atoms with Gasteiger partial charge in [-0.1, -0.05) is 47.5 Å². The van der Waals surface area contributed by atoms with E-state index in [0.717, 1.165) is 4.31 Å². The molecule has 0 aliphatic rings. The number of nitrogens with zero attached hydrogens (tertiary/aromatic N) is 1. The molecule has 0 amide bonds. The van der Waals surface area contributed by atoms with E-state index >= 15 is 0 Å². The summed E-state index contributed by atoms with van der Waals surface area (Å²) < 4.78 is 26.2. The number of sulfonamides is 1. The predicted octanol–water partition coefficient (Wildman–Crippen LogP) is 3.82. The molecule has 0 bridgehead atoms. The molecule has 0 atom stereocenters. The summed E-state index contributed by atoms with van der Waals surface area (Å²) in [4.78, 5) is -0.0790. The van der Waals surface area contributed by atoms with E-state index in [9.17, 15) is 8.42 Å². The summed E-state index contributed by atoms with van der Waals surface area (Å²) in [5.41, 5.74) is 0.540. The topological polar surface area (TPSA) is 37.4 Å². The van der Waals surface area contributed by atoms with E-state index in [-0.39, 0.29) is 14.9 Å². The minimum Gasteiger partial charge on any atom is -0.269 e. The van der Waals surface area contributed by atoms with Crippen LogP contribution in [0.25, 0.3) is 0 Å². The summed E-state index contributed by atoms with van der Waals surface area (Å²) in [6.07, 6.45) is 0. The number of hydrogen-bond acceptors (Lipinski definition) is 2. The van der Waals surface area contributed by atoms with E-state index in [1.807, 2.05) is 6.07 Å². The second-order valence-electron chi connectivity index (χ2n) is 3.86. The van der Waals surface area contributed by atoms with Gasteiger partial charge in [0.15, 0.2) is 0 Å². The van der Waals surface area contributed by atoms with Crippen LogP contribution < -0.4 is 4.31 Å². The van der Waals surface area contributed by atoms with E-state index in [1.54, 1.807) is 30.3 Å². The highest BCUT2D eigenvalue weighted by atomic mass is 35.5. The van der Waals surface area contributed by atoms with Crippen LogP contribution in [0.4, 0.5) is 5.69 Å². The molecule has 0 saturated heterocycles. The van der Waals surface area contributed by atoms with Crippen molar-refractivity contribution in [2.45, 2.75) is 4.90 Å². The van der Waals surface area contributed by atoms with Gasteiger partial charge in [0.1, 0.15) is 4.90 Å². The normalized spacial score (nSPS) is 11.3. The minimum atomic E-state index is -3.78. The van der Waals surface area contributed by atoms with Crippen LogP contribution in [0.1, 0.15) is 0 Å². The predicted molar refractivity (Wildman–Crippen MR) is 78.5 cm³/mol. The van der Waals surface area contributed by atoms with Crippen LogP contribution >= 0.6 is 23.2 Å². The Morgan fingerprint density at radius 3 is 1.95 bits per heavy atom. The van der Waals surface area contributed by atoms with Gasteiger partial charge < -0.3 is 0 Å². The zero-order valence-electron chi connectivity index (χ0n) is 10.0. The fourth-order valence-electron chi connectivity index (χ4n) is 1.64. The van der Waals surface area contributed by atoms with Crippen LogP contribution in [0, 0.1) is 0 Å². The number of para-hydroxylation sites is 1. The van der Waals surface area contributed by atoms with Crippen LogP contribution in [0.15, 0.2) is 53.4 Å². The Bertz CT molecular complexity index is 667. The molecule has 6 heteroatoms. The molecule has 0 spiro atoms. The number of benzene rings is 2. The molecule has 100 valence electrons. The fraction of sp³-hybridized carbons (Fsp3) is 0.0769. The lowest BCUT2D eigenvalue weighted by Gasteiger charge is -2.20. The third kappa shape index (κ3) is 2.71. The molecule has 0 saturated carbocycles. The largest absolute Gasteiger partial charge is 0.269 e. The third-order valence-electron chi connectivity index (χ3n) is 2.66. The van der Waals surface area contributed by atoms with Crippen molar-refractivity contribution in [1.29, 1.82) is 0 Å². The zero-order chi connectivity index (χ0) is 14.0. The third-order valence-corrected chi connectivity index (χ3v) is 5.40. The van der Waals surface area contributed by atoms with Crippen LogP contribution in [0.3, 0.4) is 0 Å². The molecule has 19 heavy (non-hydrogen) atoms. The summed E-state index contributed by atoms with van der Waals surface area (Å²) in [5, 5.41) is 0.213. The molecular weight excluding hydrogens is 305 g/mol. The number of anilines is 1. The lowest BCUT2D eigenvalue weighted by atomic mass is 10.3. The van der Waals surface area contributed by atoms with Crippen molar-refractivity contribution < 1.29 is 8.42 Å². The molecule has 3 nitrogen and oxygen atoms in total. The molecule has 0 unspecified atom stereocenters. The summed E-state index contributed by atoms with van der Waals surface area (Å²) in [5.74, 6) is 0. The van der Waals surface area contributed by atoms with Crippen LogP contribution in [-0.2, 0) is 10.0 Å². The maximum atomic E-state index is 12.5. The highest BCUT2D eigenvalue weighted by molar-refractivity contribution is 7.93. The van der Waals surface area contributed by atoms with Gasteiger partial charge in [-0.3, -0.25) is 4.31 Å². The van der Waals surface area contributed by atoms with Crippen LogP contribution in [-0.4, -0.2) is 15.5 Å². The van der Waals surface area contributed by atoms with Gasteiger partial charge in [0, 0.05) is 7.05 Å². The molecule has 0 N–H and O–H groups in total. The standard InChI is InChI=1S/C13H11Cl2NO2S/c1-16(10-6-3-2-4-7-10)19(17,18)13-11(14)8-5-9-12(13)15/h2-9H,1H3. The number of hydrogen-bond donors (Lipinski definition) is 0. The molecule has 0 aliphatic heterocycles. The maximum Gasteiger partial charge on any atom is 0.267 e. The van der Waals surface area contributed by atoms with E-state index < -0.39 is 10.0 Å². The Morgan fingerprint density at radius 1 is 0.895 bits per heavy atom. The average molecular weight is 316 g/mol. The quantitative estimate of drug-likeness (QED) is 0.863. The van der Waals surface area contributed by atoms with Crippen molar-refractivity contribution >= 4 is 38.9 Å². The first kappa shape index (κ1) is 14.2. The highest BCUT2D eigenvalue weighted by Gasteiger charge is 2.26. The minimum absolute atomic E-state index is 0.0790. The lowest BCUT2D eigenvalue weighted by molar-refractivity contribution is 0.594. The second kappa shape index (κ2) is 5.41. The van der Waals surface area contributed by atoms with Gasteiger partial charge in [0.25, 0.3) is 10.0 Å². The van der Waals surface area contributed by atoms with Crippen molar-refractivity contribution in [3.63, 3.8) is 0 Å². The second-order valence-corrected chi connectivity index (χ2v) is 6.58. The van der Waals surface area contributed by atoms with Crippen molar-refractivity contribution in [2.75, 3.05) is 11.4 Å². The molecule has 0 heterocycles. The monoisotopic (exact) mass is 315 g/mol. The average Bonchev–Trinajstić information content (AvgIpc) is 2.38. The summed E-state index contributed by atoms with van der Waals surface area (Å²) in [6, 6.07) is 13.3. The first-order chi connectivity index (χ1) is 8.94. The van der Waals surface area contributed by atoms with Crippen molar-refractivity contribution in [3.05, 3.63) is 58.6 Å². The van der Waals surface area contributed by atoms with Gasteiger partial charge in [-0.15, -0.1) is 0 Å². The van der Waals surface area contributed by atoms with E-state index in [2.05, 4.69) is 0 Å². The zero-order valence-corrected chi connectivity index (χ0v) is 12.4. The molecule has 0 aliphatic carbocycles. The van der Waals surface area contributed by atoms with Gasteiger partial charge >= 0.3 is 0 Å². The Kier molecular flexibility index (Phi) is 4.04. The van der Waals surface area contributed by atoms with Gasteiger partial charge in [-0.2, -0.15) is 0 Å². The van der Waals surface area contributed by atoms with E-state index in [1.165, 1.54) is 19.2 Å². The van der Waals surface area contributed by atoms with Crippen molar-refractivity contribution in [2.24, 2.45) is 0 Å². The molecule has 0 fully saturated rings. The molecule has 0 aromatic heterocycles. The first-order valence-corrected chi connectivity index (χ1v) is 7.62. The molecule has 2 rings (SSSR count). The first-order valence-electron chi connectivity index (χ1n) is 5.42. The molecule has 0 radical (unpaired) electrons. The van der Waals surface area contributed by atoms with E-state index in [4.69, 9.17) is 23.2 Å². The van der Waals surface area contributed by atoms with Gasteiger partial charge in [0.2, 0.25) is 0 Å². The van der Waals surface area contributed by atoms with Crippen LogP contribution in [0.2, 0.25) is 10.0 Å². The molecule has 2 aromatic rings. The Morgan fingerprint density at radius 2 is 1.42 bits per heavy atom. The summed E-state index contributed by atoms with van der Waals surface area (Å²) >= 11 is 11.9. The summed E-state index contributed by atoms with van der Waals surface area (Å²) in [6.45, 7) is 0. The highest BCUT2D eigenvalue weighted by Crippen LogP contribution is 2.32. The Labute approximate surface area is 122 Å². The van der Waals surface area contributed by atoms with Crippen molar-refractivity contribution in [1.82, 2.24) is 0 Å². The Balaban J connectivity index is 2.55. The van der Waals surface area contributed by atoms with Gasteiger partial charge in [0.05, 0.1) is 15.7 Å². The smallest absolute Gasteiger partial charge is 0.267 e. The fourth-order valence-corrected chi connectivity index (χ4v) is 3.93. The number of rotatable bonds is 3. The Hall–Kier alpha value is -1.23. The lowest BCUT2D eigenvalue weighted by Crippen LogP contribution is -2.27. The SMILES string of the molecule is CN(c1ccccc1)S(=O)(=O)c1c(Cl)cccc1Cl. The van der Waals surface area contributed by atoms with Crippen molar-refractivity contribution in [3.8, 4) is 0 Å². The van der Waals surface area contributed by atoms with Gasteiger partial charge in [-0.05, 0) is 24.3 Å². The maximum absolute atomic E-state index is 12.5. The molecular formula is C13H11Cl2NO2S.